The van der Waals surface area contributed by atoms with Crippen molar-refractivity contribution in [3.05, 3.63) is 23.8 Å². The number of aryl methyl sites for hydroxylation is 1. The molecule has 1 atom stereocenters. The van der Waals surface area contributed by atoms with Gasteiger partial charge in [0.15, 0.2) is 6.10 Å². The van der Waals surface area contributed by atoms with Gasteiger partial charge < -0.3 is 10.1 Å². The number of hydrogen-bond acceptors (Lipinski definition) is 3. The van der Waals surface area contributed by atoms with Crippen LogP contribution in [0.1, 0.15) is 12.5 Å². The Morgan fingerprint density at radius 3 is 3.07 bits per heavy atom. The number of amides is 1. The van der Waals surface area contributed by atoms with Gasteiger partial charge in [-0.2, -0.15) is 12.6 Å². The molecule has 1 aliphatic rings. The fourth-order valence-electron chi connectivity index (χ4n) is 1.53. The van der Waals surface area contributed by atoms with E-state index in [1.807, 2.05) is 18.2 Å². The Balaban J connectivity index is 2.29. The average molecular weight is 223 g/mol. The van der Waals surface area contributed by atoms with Gasteiger partial charge in [0, 0.05) is 0 Å². The second-order valence-corrected chi connectivity index (χ2v) is 4.00. The maximum absolute atomic E-state index is 11.3. The van der Waals surface area contributed by atoms with E-state index in [2.05, 4.69) is 17.9 Å². The summed E-state index contributed by atoms with van der Waals surface area (Å²) in [6.45, 7) is 1.74. The Morgan fingerprint density at radius 1 is 1.53 bits per heavy atom. The van der Waals surface area contributed by atoms with Crippen molar-refractivity contribution in [3.8, 4) is 5.75 Å². The van der Waals surface area contributed by atoms with E-state index in [-0.39, 0.29) is 5.91 Å². The summed E-state index contributed by atoms with van der Waals surface area (Å²) >= 11 is 4.18. The fourth-order valence-corrected chi connectivity index (χ4v) is 1.79. The Kier molecular flexibility index (Phi) is 2.86. The van der Waals surface area contributed by atoms with Gasteiger partial charge >= 0.3 is 0 Å². The van der Waals surface area contributed by atoms with Crippen LogP contribution < -0.4 is 10.1 Å². The highest BCUT2D eigenvalue weighted by Crippen LogP contribution is 2.30. The first-order chi connectivity index (χ1) is 7.20. The Hall–Kier alpha value is -1.16. The lowest BCUT2D eigenvalue weighted by Gasteiger charge is -2.23. The first-order valence-corrected chi connectivity index (χ1v) is 5.55. The summed E-state index contributed by atoms with van der Waals surface area (Å²) in [6, 6.07) is 5.81. The van der Waals surface area contributed by atoms with Crippen molar-refractivity contribution in [1.82, 2.24) is 0 Å². The van der Waals surface area contributed by atoms with Crippen LogP contribution in [0, 0.1) is 0 Å². The van der Waals surface area contributed by atoms with Crippen LogP contribution in [0.3, 0.4) is 0 Å². The maximum Gasteiger partial charge on any atom is 0.265 e. The summed E-state index contributed by atoms with van der Waals surface area (Å²) in [6.07, 6.45) is 0.492. The minimum Gasteiger partial charge on any atom is -0.479 e. The van der Waals surface area contributed by atoms with Gasteiger partial charge in [0.25, 0.3) is 5.91 Å². The van der Waals surface area contributed by atoms with Crippen molar-refractivity contribution >= 4 is 24.2 Å². The quantitative estimate of drug-likeness (QED) is 0.751. The van der Waals surface area contributed by atoms with Crippen LogP contribution in [0.4, 0.5) is 5.69 Å². The first-order valence-electron chi connectivity index (χ1n) is 4.92. The summed E-state index contributed by atoms with van der Waals surface area (Å²) in [5.74, 6) is 1.46. The van der Waals surface area contributed by atoms with Gasteiger partial charge in [-0.1, -0.05) is 6.07 Å². The molecule has 1 heterocycles. The minimum atomic E-state index is -0.413. The van der Waals surface area contributed by atoms with Crippen molar-refractivity contribution in [3.63, 3.8) is 0 Å². The van der Waals surface area contributed by atoms with Gasteiger partial charge in [-0.05, 0) is 36.8 Å². The van der Waals surface area contributed by atoms with Crippen molar-refractivity contribution < 1.29 is 9.53 Å². The van der Waals surface area contributed by atoms with Crippen molar-refractivity contribution in [1.29, 1.82) is 0 Å². The number of hydrogen-bond donors (Lipinski definition) is 2. The predicted molar refractivity (Wildman–Crippen MR) is 62.7 cm³/mol. The Bertz CT molecular complexity index is 392. The molecule has 0 fully saturated rings. The summed E-state index contributed by atoms with van der Waals surface area (Å²) in [7, 11) is 0. The van der Waals surface area contributed by atoms with E-state index in [0.29, 0.717) is 0 Å². The van der Waals surface area contributed by atoms with Crippen LogP contribution in [0.15, 0.2) is 18.2 Å². The largest absolute Gasteiger partial charge is 0.479 e. The third kappa shape index (κ3) is 2.09. The number of ether oxygens (including phenoxy) is 1. The topological polar surface area (TPSA) is 38.3 Å². The summed E-state index contributed by atoms with van der Waals surface area (Å²) < 4.78 is 5.49. The van der Waals surface area contributed by atoms with Gasteiger partial charge in [-0.15, -0.1) is 0 Å². The van der Waals surface area contributed by atoms with Gasteiger partial charge in [0.05, 0.1) is 5.69 Å². The van der Waals surface area contributed by atoms with Crippen molar-refractivity contribution in [2.24, 2.45) is 0 Å². The molecule has 1 aliphatic heterocycles. The van der Waals surface area contributed by atoms with Crippen molar-refractivity contribution in [2.75, 3.05) is 11.1 Å². The molecule has 0 aliphatic carbocycles. The van der Waals surface area contributed by atoms with Crippen LogP contribution in [0.2, 0.25) is 0 Å². The molecular weight excluding hydrogens is 210 g/mol. The number of carbonyl (C=O) groups is 1. The average Bonchev–Trinajstić information content (AvgIpc) is 2.21. The third-order valence-electron chi connectivity index (χ3n) is 2.38. The minimum absolute atomic E-state index is 0.0931. The highest BCUT2D eigenvalue weighted by atomic mass is 32.1. The number of rotatable bonds is 2. The van der Waals surface area contributed by atoms with Gasteiger partial charge in [-0.3, -0.25) is 4.79 Å². The second-order valence-electron chi connectivity index (χ2n) is 3.55. The summed E-state index contributed by atoms with van der Waals surface area (Å²) in [4.78, 5) is 11.3. The molecule has 0 radical (unpaired) electrons. The van der Waals surface area contributed by atoms with E-state index in [9.17, 15) is 4.79 Å². The zero-order valence-electron chi connectivity index (χ0n) is 8.49. The van der Waals surface area contributed by atoms with E-state index in [1.54, 1.807) is 6.92 Å². The zero-order chi connectivity index (χ0) is 10.8. The molecule has 0 aromatic heterocycles. The monoisotopic (exact) mass is 223 g/mol. The van der Waals surface area contributed by atoms with Gasteiger partial charge in [0.1, 0.15) is 5.75 Å². The lowest BCUT2D eigenvalue weighted by Crippen LogP contribution is -2.34. The molecule has 1 amide bonds. The van der Waals surface area contributed by atoms with E-state index in [4.69, 9.17) is 4.74 Å². The number of anilines is 1. The van der Waals surface area contributed by atoms with E-state index >= 15 is 0 Å². The molecule has 2 rings (SSSR count). The lowest BCUT2D eigenvalue weighted by molar-refractivity contribution is -0.122. The van der Waals surface area contributed by atoms with Crippen LogP contribution in [0.5, 0.6) is 5.75 Å². The third-order valence-corrected chi connectivity index (χ3v) is 2.60. The van der Waals surface area contributed by atoms with Crippen molar-refractivity contribution in [2.45, 2.75) is 19.4 Å². The van der Waals surface area contributed by atoms with Crippen LogP contribution in [-0.4, -0.2) is 17.8 Å². The molecule has 0 bridgehead atoms. The number of benzene rings is 1. The number of nitrogens with one attached hydrogen (secondary N) is 1. The highest BCUT2D eigenvalue weighted by molar-refractivity contribution is 7.80. The molecule has 0 spiro atoms. The highest BCUT2D eigenvalue weighted by Gasteiger charge is 2.23. The molecule has 80 valence electrons. The molecule has 3 nitrogen and oxygen atoms in total. The lowest BCUT2D eigenvalue weighted by atomic mass is 10.1. The number of fused-ring (bicyclic) bond motifs is 1. The molecule has 1 unspecified atom stereocenters. The number of carbonyl (C=O) groups excluding carboxylic acids is 1. The normalized spacial score (nSPS) is 19.1. The van der Waals surface area contributed by atoms with E-state index < -0.39 is 6.10 Å². The Morgan fingerprint density at radius 2 is 2.33 bits per heavy atom. The molecule has 0 saturated heterocycles. The van der Waals surface area contributed by atoms with Crippen LogP contribution >= 0.6 is 12.6 Å². The Labute approximate surface area is 94.2 Å². The second kappa shape index (κ2) is 4.14. The maximum atomic E-state index is 11.3. The smallest absolute Gasteiger partial charge is 0.265 e. The molecule has 1 aromatic carbocycles. The van der Waals surface area contributed by atoms with Gasteiger partial charge in [-0.25, -0.2) is 0 Å². The SMILES string of the molecule is CC1Oc2cc(CCS)ccc2NC1=O. The van der Waals surface area contributed by atoms with Gasteiger partial charge in [0.2, 0.25) is 0 Å². The standard InChI is InChI=1S/C11H13NO2S/c1-7-11(13)12-9-3-2-8(4-5-15)6-10(9)14-7/h2-3,6-7,15H,4-5H2,1H3,(H,12,13). The molecular formula is C11H13NO2S. The number of thiol groups is 1. The fraction of sp³-hybridized carbons (Fsp3) is 0.364. The van der Waals surface area contributed by atoms with Crippen LogP contribution in [-0.2, 0) is 11.2 Å². The van der Waals surface area contributed by atoms with E-state index in [1.165, 1.54) is 5.56 Å². The molecule has 0 saturated carbocycles. The summed E-state index contributed by atoms with van der Waals surface area (Å²) in [5, 5.41) is 2.80. The molecule has 4 heteroatoms. The first kappa shape index (κ1) is 10.4. The van der Waals surface area contributed by atoms with E-state index in [0.717, 1.165) is 23.6 Å². The molecule has 15 heavy (non-hydrogen) atoms. The predicted octanol–water partition coefficient (Wildman–Crippen LogP) is 1.88. The summed E-state index contributed by atoms with van der Waals surface area (Å²) in [5.41, 5.74) is 1.92. The molecule has 1 N–H and O–H groups in total. The van der Waals surface area contributed by atoms with Crippen LogP contribution in [0.25, 0.3) is 0 Å². The molecule has 1 aromatic rings. The zero-order valence-corrected chi connectivity index (χ0v) is 9.38.